The van der Waals surface area contributed by atoms with Gasteiger partial charge in [0, 0.05) is 19.1 Å². The zero-order valence-corrected chi connectivity index (χ0v) is 8.54. The highest BCUT2D eigenvalue weighted by Gasteiger charge is 2.27. The van der Waals surface area contributed by atoms with E-state index in [2.05, 4.69) is 5.32 Å². The Balaban J connectivity index is 1.73. The minimum absolute atomic E-state index is 0.128. The molecule has 0 aromatic rings. The van der Waals surface area contributed by atoms with Crippen molar-refractivity contribution in [2.45, 2.75) is 31.7 Å². The number of piperidine rings is 1. The molecule has 4 nitrogen and oxygen atoms in total. The van der Waals surface area contributed by atoms with E-state index in [-0.39, 0.29) is 6.03 Å². The second-order valence-corrected chi connectivity index (χ2v) is 4.39. The summed E-state index contributed by atoms with van der Waals surface area (Å²) in [4.78, 5) is 13.5. The van der Waals surface area contributed by atoms with Crippen LogP contribution in [0.25, 0.3) is 0 Å². The molecule has 1 aliphatic heterocycles. The topological polar surface area (TPSA) is 58.4 Å². The predicted molar refractivity (Wildman–Crippen MR) is 54.9 cm³/mol. The SMILES string of the molecule is NCC1CCN(C(=O)NC2CC2)CC1. The van der Waals surface area contributed by atoms with E-state index in [0.29, 0.717) is 12.0 Å². The molecule has 4 heteroatoms. The van der Waals surface area contributed by atoms with Crippen LogP contribution in [0, 0.1) is 5.92 Å². The van der Waals surface area contributed by atoms with Crippen LogP contribution in [0.3, 0.4) is 0 Å². The van der Waals surface area contributed by atoms with E-state index in [0.717, 1.165) is 45.3 Å². The smallest absolute Gasteiger partial charge is 0.317 e. The van der Waals surface area contributed by atoms with Crippen LogP contribution >= 0.6 is 0 Å². The molecular formula is C10H19N3O. The molecule has 2 rings (SSSR count). The molecule has 1 saturated carbocycles. The normalized spacial score (nSPS) is 23.6. The summed E-state index contributed by atoms with van der Waals surface area (Å²) >= 11 is 0. The monoisotopic (exact) mass is 197 g/mol. The van der Waals surface area contributed by atoms with Gasteiger partial charge in [-0.2, -0.15) is 0 Å². The number of nitrogens with zero attached hydrogens (tertiary/aromatic N) is 1. The zero-order chi connectivity index (χ0) is 9.97. The van der Waals surface area contributed by atoms with Crippen molar-refractivity contribution in [1.82, 2.24) is 10.2 Å². The number of rotatable bonds is 2. The molecule has 0 bridgehead atoms. The summed E-state index contributed by atoms with van der Waals surface area (Å²) in [6.45, 7) is 2.51. The fourth-order valence-electron chi connectivity index (χ4n) is 1.87. The number of carbonyl (C=O) groups excluding carboxylic acids is 1. The number of urea groups is 1. The van der Waals surface area contributed by atoms with Gasteiger partial charge in [-0.3, -0.25) is 0 Å². The number of hydrogen-bond donors (Lipinski definition) is 2. The first-order valence-corrected chi connectivity index (χ1v) is 5.55. The van der Waals surface area contributed by atoms with E-state index in [4.69, 9.17) is 5.73 Å². The second-order valence-electron chi connectivity index (χ2n) is 4.39. The molecule has 14 heavy (non-hydrogen) atoms. The van der Waals surface area contributed by atoms with E-state index in [1.54, 1.807) is 0 Å². The third kappa shape index (κ3) is 2.38. The van der Waals surface area contributed by atoms with Gasteiger partial charge in [-0.1, -0.05) is 0 Å². The number of hydrogen-bond acceptors (Lipinski definition) is 2. The third-order valence-corrected chi connectivity index (χ3v) is 3.14. The van der Waals surface area contributed by atoms with Crippen LogP contribution in [0.5, 0.6) is 0 Å². The number of likely N-dealkylation sites (tertiary alicyclic amines) is 1. The first kappa shape index (κ1) is 9.77. The lowest BCUT2D eigenvalue weighted by molar-refractivity contribution is 0.171. The summed E-state index contributed by atoms with van der Waals surface area (Å²) in [5.41, 5.74) is 5.60. The highest BCUT2D eigenvalue weighted by molar-refractivity contribution is 5.74. The molecule has 0 aromatic heterocycles. The average molecular weight is 197 g/mol. The molecule has 0 atom stereocenters. The van der Waals surface area contributed by atoms with Gasteiger partial charge in [-0.25, -0.2) is 4.79 Å². The molecule has 2 amide bonds. The van der Waals surface area contributed by atoms with Crippen LogP contribution in [-0.2, 0) is 0 Å². The van der Waals surface area contributed by atoms with Crippen LogP contribution in [-0.4, -0.2) is 36.6 Å². The number of amides is 2. The largest absolute Gasteiger partial charge is 0.335 e. The lowest BCUT2D eigenvalue weighted by Gasteiger charge is -2.31. The summed E-state index contributed by atoms with van der Waals surface area (Å²) < 4.78 is 0. The maximum absolute atomic E-state index is 11.6. The van der Waals surface area contributed by atoms with Crippen LogP contribution < -0.4 is 11.1 Å². The maximum atomic E-state index is 11.6. The molecular weight excluding hydrogens is 178 g/mol. The Morgan fingerprint density at radius 2 is 1.93 bits per heavy atom. The summed E-state index contributed by atoms with van der Waals surface area (Å²) in [5.74, 6) is 0.625. The van der Waals surface area contributed by atoms with Crippen molar-refractivity contribution in [3.8, 4) is 0 Å². The van der Waals surface area contributed by atoms with Gasteiger partial charge in [-0.05, 0) is 38.1 Å². The van der Waals surface area contributed by atoms with Gasteiger partial charge >= 0.3 is 6.03 Å². The van der Waals surface area contributed by atoms with Crippen molar-refractivity contribution in [2.75, 3.05) is 19.6 Å². The summed E-state index contributed by atoms with van der Waals surface area (Å²) in [6.07, 6.45) is 4.44. The van der Waals surface area contributed by atoms with Gasteiger partial charge in [0.05, 0.1) is 0 Å². The first-order chi connectivity index (χ1) is 6.79. The quantitative estimate of drug-likeness (QED) is 0.678. The minimum Gasteiger partial charge on any atom is -0.335 e. The lowest BCUT2D eigenvalue weighted by Crippen LogP contribution is -2.45. The molecule has 0 unspecified atom stereocenters. The Labute approximate surface area is 84.8 Å². The molecule has 80 valence electrons. The Morgan fingerprint density at radius 3 is 2.43 bits per heavy atom. The van der Waals surface area contributed by atoms with Gasteiger partial charge in [0.2, 0.25) is 0 Å². The van der Waals surface area contributed by atoms with Gasteiger partial charge in [0.15, 0.2) is 0 Å². The van der Waals surface area contributed by atoms with Crippen LogP contribution in [0.1, 0.15) is 25.7 Å². The summed E-state index contributed by atoms with van der Waals surface area (Å²) in [5, 5.41) is 3.01. The Morgan fingerprint density at radius 1 is 1.29 bits per heavy atom. The van der Waals surface area contributed by atoms with Crippen molar-refractivity contribution in [2.24, 2.45) is 11.7 Å². The molecule has 2 fully saturated rings. The van der Waals surface area contributed by atoms with Crippen molar-refractivity contribution in [3.05, 3.63) is 0 Å². The summed E-state index contributed by atoms with van der Waals surface area (Å²) in [7, 11) is 0. The molecule has 1 heterocycles. The Bertz CT molecular complexity index is 207. The number of carbonyl (C=O) groups is 1. The predicted octanol–water partition coefficient (Wildman–Crippen LogP) is 0.529. The van der Waals surface area contributed by atoms with Crippen LogP contribution in [0.2, 0.25) is 0 Å². The van der Waals surface area contributed by atoms with E-state index in [9.17, 15) is 4.79 Å². The van der Waals surface area contributed by atoms with Gasteiger partial charge in [-0.15, -0.1) is 0 Å². The minimum atomic E-state index is 0.128. The molecule has 0 aromatic carbocycles. The molecule has 3 N–H and O–H groups in total. The second kappa shape index (κ2) is 4.17. The van der Waals surface area contributed by atoms with Crippen molar-refractivity contribution < 1.29 is 4.79 Å². The number of nitrogens with one attached hydrogen (secondary N) is 1. The molecule has 1 aliphatic carbocycles. The first-order valence-electron chi connectivity index (χ1n) is 5.55. The van der Waals surface area contributed by atoms with Crippen molar-refractivity contribution in [1.29, 1.82) is 0 Å². The Kier molecular flexibility index (Phi) is 2.91. The fraction of sp³-hybridized carbons (Fsp3) is 0.900. The van der Waals surface area contributed by atoms with Crippen LogP contribution in [0.4, 0.5) is 4.79 Å². The molecule has 1 saturated heterocycles. The number of nitrogens with two attached hydrogens (primary N) is 1. The molecule has 0 spiro atoms. The van der Waals surface area contributed by atoms with Crippen molar-refractivity contribution in [3.63, 3.8) is 0 Å². The van der Waals surface area contributed by atoms with Gasteiger partial charge in [0.1, 0.15) is 0 Å². The van der Waals surface area contributed by atoms with Crippen molar-refractivity contribution >= 4 is 6.03 Å². The summed E-state index contributed by atoms with van der Waals surface area (Å²) in [6, 6.07) is 0.595. The highest BCUT2D eigenvalue weighted by Crippen LogP contribution is 2.20. The van der Waals surface area contributed by atoms with E-state index >= 15 is 0 Å². The van der Waals surface area contributed by atoms with Gasteiger partial charge in [0.25, 0.3) is 0 Å². The van der Waals surface area contributed by atoms with E-state index in [1.807, 2.05) is 4.90 Å². The zero-order valence-electron chi connectivity index (χ0n) is 8.54. The highest BCUT2D eigenvalue weighted by atomic mass is 16.2. The van der Waals surface area contributed by atoms with E-state index < -0.39 is 0 Å². The van der Waals surface area contributed by atoms with Crippen LogP contribution in [0.15, 0.2) is 0 Å². The molecule has 0 radical (unpaired) electrons. The standard InChI is InChI=1S/C10H19N3O/c11-7-8-3-5-13(6-4-8)10(14)12-9-1-2-9/h8-9H,1-7,11H2,(H,12,14). The Hall–Kier alpha value is -0.770. The lowest BCUT2D eigenvalue weighted by atomic mass is 9.97. The van der Waals surface area contributed by atoms with Gasteiger partial charge < -0.3 is 16.0 Å². The fourth-order valence-corrected chi connectivity index (χ4v) is 1.87. The third-order valence-electron chi connectivity index (χ3n) is 3.14. The molecule has 2 aliphatic rings. The van der Waals surface area contributed by atoms with E-state index in [1.165, 1.54) is 0 Å². The maximum Gasteiger partial charge on any atom is 0.317 e. The average Bonchev–Trinajstić information content (AvgIpc) is 3.02.